The fourth-order valence-electron chi connectivity index (χ4n) is 1.82. The Kier molecular flexibility index (Phi) is 4.45. The first kappa shape index (κ1) is 14.9. The second kappa shape index (κ2) is 6.28. The predicted octanol–water partition coefficient (Wildman–Crippen LogP) is 2.65. The van der Waals surface area contributed by atoms with E-state index >= 15 is 0 Å². The van der Waals surface area contributed by atoms with Gasteiger partial charge in [-0.2, -0.15) is 0 Å². The quantitative estimate of drug-likeness (QED) is 0.851. The highest BCUT2D eigenvalue weighted by atomic mass is 35.5. The second-order valence-electron chi connectivity index (χ2n) is 4.38. The van der Waals surface area contributed by atoms with Crippen molar-refractivity contribution >= 4 is 34.9 Å². The number of carboxylic acids is 1. The monoisotopic (exact) mass is 304 g/mol. The molecule has 0 unspecified atom stereocenters. The van der Waals surface area contributed by atoms with Crippen molar-refractivity contribution < 1.29 is 14.7 Å². The SMILES string of the molecule is Nc1ccc(C(=O)N(CC(=O)O)c2ccc(Cl)cc2)cc1. The van der Waals surface area contributed by atoms with E-state index in [1.165, 1.54) is 4.90 Å². The minimum Gasteiger partial charge on any atom is -0.480 e. The van der Waals surface area contributed by atoms with E-state index < -0.39 is 18.4 Å². The standard InChI is InChI=1S/C15H13ClN2O3/c16-11-3-7-13(8-4-11)18(9-14(19)20)15(21)10-1-5-12(17)6-2-10/h1-8H,9,17H2,(H,19,20). The molecule has 0 aliphatic carbocycles. The highest BCUT2D eigenvalue weighted by molar-refractivity contribution is 6.30. The van der Waals surface area contributed by atoms with E-state index in [1.807, 2.05) is 0 Å². The Morgan fingerprint density at radius 1 is 1.05 bits per heavy atom. The van der Waals surface area contributed by atoms with E-state index in [2.05, 4.69) is 0 Å². The van der Waals surface area contributed by atoms with Crippen molar-refractivity contribution in [2.24, 2.45) is 0 Å². The summed E-state index contributed by atoms with van der Waals surface area (Å²) in [5, 5.41) is 9.51. The van der Waals surface area contributed by atoms with Crippen LogP contribution in [0.4, 0.5) is 11.4 Å². The smallest absolute Gasteiger partial charge is 0.323 e. The lowest BCUT2D eigenvalue weighted by atomic mass is 10.1. The van der Waals surface area contributed by atoms with E-state index in [9.17, 15) is 9.59 Å². The van der Waals surface area contributed by atoms with Gasteiger partial charge in [-0.15, -0.1) is 0 Å². The Morgan fingerprint density at radius 3 is 2.14 bits per heavy atom. The summed E-state index contributed by atoms with van der Waals surface area (Å²) in [5.41, 5.74) is 6.93. The Morgan fingerprint density at radius 2 is 1.62 bits per heavy atom. The minimum atomic E-state index is -1.10. The van der Waals surface area contributed by atoms with Gasteiger partial charge in [0.1, 0.15) is 6.54 Å². The van der Waals surface area contributed by atoms with Crippen LogP contribution in [0.1, 0.15) is 10.4 Å². The number of benzene rings is 2. The summed E-state index contributed by atoms with van der Waals surface area (Å²) in [6.45, 7) is -0.440. The number of carboxylic acid groups (broad SMARTS) is 1. The average Bonchev–Trinajstić information content (AvgIpc) is 2.46. The number of halogens is 1. The minimum absolute atomic E-state index is 0.361. The molecule has 0 aliphatic rings. The van der Waals surface area contributed by atoms with Gasteiger partial charge in [0.2, 0.25) is 0 Å². The molecule has 0 bridgehead atoms. The maximum Gasteiger partial charge on any atom is 0.323 e. The summed E-state index contributed by atoms with van der Waals surface area (Å²) in [6, 6.07) is 12.7. The molecule has 5 nitrogen and oxygen atoms in total. The van der Waals surface area contributed by atoms with Crippen molar-refractivity contribution in [1.82, 2.24) is 0 Å². The van der Waals surface area contributed by atoms with Crippen LogP contribution in [0.25, 0.3) is 0 Å². The molecule has 0 heterocycles. The van der Waals surface area contributed by atoms with Gasteiger partial charge in [-0.1, -0.05) is 11.6 Å². The van der Waals surface area contributed by atoms with Gasteiger partial charge in [-0.3, -0.25) is 14.5 Å². The normalized spacial score (nSPS) is 10.1. The fourth-order valence-corrected chi connectivity index (χ4v) is 1.94. The Bertz CT molecular complexity index is 654. The van der Waals surface area contributed by atoms with E-state index in [1.54, 1.807) is 48.5 Å². The lowest BCUT2D eigenvalue weighted by Gasteiger charge is -2.21. The van der Waals surface area contributed by atoms with E-state index in [4.69, 9.17) is 22.4 Å². The van der Waals surface area contributed by atoms with Crippen molar-refractivity contribution in [3.8, 4) is 0 Å². The van der Waals surface area contributed by atoms with Crippen LogP contribution in [0, 0.1) is 0 Å². The number of nitrogens with zero attached hydrogens (tertiary/aromatic N) is 1. The summed E-state index contributed by atoms with van der Waals surface area (Å²) in [7, 11) is 0. The fraction of sp³-hybridized carbons (Fsp3) is 0.0667. The molecule has 2 aromatic rings. The van der Waals surface area contributed by atoms with Gasteiger partial charge in [-0.25, -0.2) is 0 Å². The van der Waals surface area contributed by atoms with Crippen molar-refractivity contribution in [2.45, 2.75) is 0 Å². The van der Waals surface area contributed by atoms with Gasteiger partial charge < -0.3 is 10.8 Å². The molecule has 2 aromatic carbocycles. The van der Waals surface area contributed by atoms with Crippen LogP contribution in [0.3, 0.4) is 0 Å². The van der Waals surface area contributed by atoms with Gasteiger partial charge >= 0.3 is 5.97 Å². The molecule has 6 heteroatoms. The van der Waals surface area contributed by atoms with Crippen LogP contribution in [0.5, 0.6) is 0 Å². The zero-order valence-electron chi connectivity index (χ0n) is 11.0. The van der Waals surface area contributed by atoms with Crippen molar-refractivity contribution in [3.05, 3.63) is 59.1 Å². The lowest BCUT2D eigenvalue weighted by Crippen LogP contribution is -2.35. The average molecular weight is 305 g/mol. The van der Waals surface area contributed by atoms with Crippen LogP contribution in [0.2, 0.25) is 5.02 Å². The van der Waals surface area contributed by atoms with E-state index in [-0.39, 0.29) is 0 Å². The summed E-state index contributed by atoms with van der Waals surface area (Å²) in [6.07, 6.45) is 0. The van der Waals surface area contributed by atoms with Crippen LogP contribution < -0.4 is 10.6 Å². The predicted molar refractivity (Wildman–Crippen MR) is 81.6 cm³/mol. The third-order valence-electron chi connectivity index (χ3n) is 2.83. The molecular formula is C15H13ClN2O3. The first-order valence-corrected chi connectivity index (χ1v) is 6.50. The summed E-state index contributed by atoms with van der Waals surface area (Å²) < 4.78 is 0. The number of nitrogen functional groups attached to an aromatic ring is 1. The molecule has 0 spiro atoms. The highest BCUT2D eigenvalue weighted by Gasteiger charge is 2.20. The number of hydrogen-bond acceptors (Lipinski definition) is 3. The molecule has 1 amide bonds. The number of amides is 1. The van der Waals surface area contributed by atoms with Crippen LogP contribution in [-0.4, -0.2) is 23.5 Å². The zero-order valence-corrected chi connectivity index (χ0v) is 11.7. The first-order chi connectivity index (χ1) is 9.97. The van der Waals surface area contributed by atoms with Crippen molar-refractivity contribution in [2.75, 3.05) is 17.2 Å². The lowest BCUT2D eigenvalue weighted by molar-refractivity contribution is -0.135. The molecule has 0 radical (unpaired) electrons. The van der Waals surface area contributed by atoms with Gasteiger partial charge in [-0.05, 0) is 48.5 Å². The van der Waals surface area contributed by atoms with E-state index in [0.29, 0.717) is 22.0 Å². The van der Waals surface area contributed by atoms with Gasteiger partial charge in [0.25, 0.3) is 5.91 Å². The number of aliphatic carboxylic acids is 1. The molecule has 0 atom stereocenters. The molecule has 21 heavy (non-hydrogen) atoms. The largest absolute Gasteiger partial charge is 0.480 e. The molecule has 0 saturated carbocycles. The molecule has 0 aromatic heterocycles. The molecule has 3 N–H and O–H groups in total. The summed E-state index contributed by atoms with van der Waals surface area (Å²) >= 11 is 5.80. The molecular weight excluding hydrogens is 292 g/mol. The number of hydrogen-bond donors (Lipinski definition) is 2. The topological polar surface area (TPSA) is 83.6 Å². The molecule has 0 fully saturated rings. The Balaban J connectivity index is 2.35. The summed E-state index contributed by atoms with van der Waals surface area (Å²) in [5.74, 6) is -1.52. The van der Waals surface area contributed by atoms with Crippen LogP contribution in [0.15, 0.2) is 48.5 Å². The maximum absolute atomic E-state index is 12.5. The molecule has 0 saturated heterocycles. The Hall–Kier alpha value is -2.53. The zero-order chi connectivity index (χ0) is 15.4. The number of carbonyl (C=O) groups is 2. The first-order valence-electron chi connectivity index (χ1n) is 6.12. The number of carbonyl (C=O) groups excluding carboxylic acids is 1. The van der Waals surface area contributed by atoms with Crippen molar-refractivity contribution in [3.63, 3.8) is 0 Å². The summed E-state index contributed by atoms with van der Waals surface area (Å²) in [4.78, 5) is 24.6. The second-order valence-corrected chi connectivity index (χ2v) is 4.82. The number of nitrogens with two attached hydrogens (primary N) is 1. The molecule has 2 rings (SSSR count). The third kappa shape index (κ3) is 3.73. The number of anilines is 2. The van der Waals surface area contributed by atoms with Crippen LogP contribution >= 0.6 is 11.6 Å². The third-order valence-corrected chi connectivity index (χ3v) is 3.09. The number of rotatable bonds is 4. The molecule has 0 aliphatic heterocycles. The van der Waals surface area contributed by atoms with Gasteiger partial charge in [0.15, 0.2) is 0 Å². The molecule has 108 valence electrons. The Labute approximate surface area is 126 Å². The van der Waals surface area contributed by atoms with Gasteiger partial charge in [0.05, 0.1) is 0 Å². The van der Waals surface area contributed by atoms with Crippen LogP contribution in [-0.2, 0) is 4.79 Å². The van der Waals surface area contributed by atoms with Gasteiger partial charge in [0, 0.05) is 22.0 Å². The van der Waals surface area contributed by atoms with Crippen molar-refractivity contribution in [1.29, 1.82) is 0 Å². The maximum atomic E-state index is 12.5. The van der Waals surface area contributed by atoms with E-state index in [0.717, 1.165) is 0 Å². The highest BCUT2D eigenvalue weighted by Crippen LogP contribution is 2.20.